The number of benzene rings is 2. The molecule has 2 aromatic rings. The lowest BCUT2D eigenvalue weighted by molar-refractivity contribution is -0.122. The quantitative estimate of drug-likeness (QED) is 0.703. The van der Waals surface area contributed by atoms with Crippen molar-refractivity contribution in [2.24, 2.45) is 0 Å². The van der Waals surface area contributed by atoms with Gasteiger partial charge in [-0.1, -0.05) is 29.3 Å². The molecule has 0 aliphatic heterocycles. The summed E-state index contributed by atoms with van der Waals surface area (Å²) in [7, 11) is 5.08. The molecule has 5 nitrogen and oxygen atoms in total. The molecule has 1 atom stereocenters. The van der Waals surface area contributed by atoms with Crippen LogP contribution < -0.4 is 14.8 Å². The SMILES string of the molecule is COc1ccc(OC)c([C@H](C)NC(=O)CN(C)Cc2ccc(Cl)c(Cl)c2)c1. The number of rotatable bonds is 8. The van der Waals surface area contributed by atoms with Gasteiger partial charge in [-0.2, -0.15) is 0 Å². The highest BCUT2D eigenvalue weighted by molar-refractivity contribution is 6.42. The van der Waals surface area contributed by atoms with Gasteiger partial charge in [-0.05, 0) is 49.9 Å². The van der Waals surface area contributed by atoms with E-state index in [2.05, 4.69) is 5.32 Å². The number of nitrogens with zero attached hydrogens (tertiary/aromatic N) is 1. The molecule has 0 fully saturated rings. The van der Waals surface area contributed by atoms with Crippen molar-refractivity contribution < 1.29 is 14.3 Å². The number of carbonyl (C=O) groups is 1. The first-order valence-corrected chi connectivity index (χ1v) is 9.23. The summed E-state index contributed by atoms with van der Waals surface area (Å²) in [5.74, 6) is 1.33. The molecule has 0 bridgehead atoms. The minimum Gasteiger partial charge on any atom is -0.497 e. The van der Waals surface area contributed by atoms with Crippen molar-refractivity contribution in [1.29, 1.82) is 0 Å². The van der Waals surface area contributed by atoms with Crippen LogP contribution in [0, 0.1) is 0 Å². The van der Waals surface area contributed by atoms with E-state index in [1.165, 1.54) is 0 Å². The first kappa shape index (κ1) is 21.4. The van der Waals surface area contributed by atoms with Crippen LogP contribution in [0.4, 0.5) is 0 Å². The molecule has 0 radical (unpaired) electrons. The molecule has 2 rings (SSSR count). The number of hydrogen-bond acceptors (Lipinski definition) is 4. The zero-order valence-electron chi connectivity index (χ0n) is 15.9. The molecule has 0 aliphatic carbocycles. The van der Waals surface area contributed by atoms with E-state index >= 15 is 0 Å². The minimum absolute atomic E-state index is 0.0880. The molecule has 0 unspecified atom stereocenters. The highest BCUT2D eigenvalue weighted by Gasteiger charge is 2.16. The molecule has 2 aromatic carbocycles. The number of methoxy groups -OCH3 is 2. The number of nitrogens with one attached hydrogen (secondary N) is 1. The minimum atomic E-state index is -0.221. The molecule has 1 amide bonds. The Morgan fingerprint density at radius 1 is 1.11 bits per heavy atom. The fourth-order valence-corrected chi connectivity index (χ4v) is 3.11. The molecule has 7 heteroatoms. The topological polar surface area (TPSA) is 50.8 Å². The summed E-state index contributed by atoms with van der Waals surface area (Å²) < 4.78 is 10.6. The lowest BCUT2D eigenvalue weighted by atomic mass is 10.1. The van der Waals surface area contributed by atoms with E-state index in [1.807, 2.05) is 49.2 Å². The van der Waals surface area contributed by atoms with Crippen molar-refractivity contribution >= 4 is 29.1 Å². The largest absolute Gasteiger partial charge is 0.497 e. The lowest BCUT2D eigenvalue weighted by Crippen LogP contribution is -2.36. The third-order valence-electron chi connectivity index (χ3n) is 4.13. The Hall–Kier alpha value is -1.95. The Labute approximate surface area is 170 Å². The van der Waals surface area contributed by atoms with E-state index in [9.17, 15) is 4.79 Å². The second-order valence-electron chi connectivity index (χ2n) is 6.32. The Kier molecular flexibility index (Phi) is 7.78. The fraction of sp³-hybridized carbons (Fsp3) is 0.350. The van der Waals surface area contributed by atoms with Gasteiger partial charge >= 0.3 is 0 Å². The van der Waals surface area contributed by atoms with E-state index in [4.69, 9.17) is 32.7 Å². The maximum Gasteiger partial charge on any atom is 0.234 e. The number of likely N-dealkylation sites (N-methyl/N-ethyl adjacent to an activating group) is 1. The standard InChI is InChI=1S/C20H24Cl2N2O3/c1-13(16-10-15(26-3)6-8-19(16)27-4)23-20(25)12-24(2)11-14-5-7-17(21)18(22)9-14/h5-10,13H,11-12H2,1-4H3,(H,23,25)/t13-/m0/s1. The van der Waals surface area contributed by atoms with Crippen molar-refractivity contribution in [1.82, 2.24) is 10.2 Å². The zero-order chi connectivity index (χ0) is 20.0. The van der Waals surface area contributed by atoms with Gasteiger partial charge in [-0.3, -0.25) is 9.69 Å². The van der Waals surface area contributed by atoms with Crippen molar-refractivity contribution in [3.63, 3.8) is 0 Å². The van der Waals surface area contributed by atoms with Gasteiger partial charge in [0.2, 0.25) is 5.91 Å². The predicted molar refractivity (Wildman–Crippen MR) is 109 cm³/mol. The summed E-state index contributed by atoms with van der Waals surface area (Å²) >= 11 is 12.0. The molecule has 0 saturated heterocycles. The second-order valence-corrected chi connectivity index (χ2v) is 7.13. The van der Waals surface area contributed by atoms with Gasteiger partial charge in [-0.15, -0.1) is 0 Å². The normalized spacial score (nSPS) is 12.0. The second kappa shape index (κ2) is 9.83. The number of ether oxygens (including phenoxy) is 2. The monoisotopic (exact) mass is 410 g/mol. The van der Waals surface area contributed by atoms with Crippen LogP contribution in [0.1, 0.15) is 24.1 Å². The van der Waals surface area contributed by atoms with Crippen molar-refractivity contribution in [2.75, 3.05) is 27.8 Å². The van der Waals surface area contributed by atoms with Crippen LogP contribution in [0.25, 0.3) is 0 Å². The number of hydrogen-bond donors (Lipinski definition) is 1. The van der Waals surface area contributed by atoms with E-state index < -0.39 is 0 Å². The average molecular weight is 411 g/mol. The summed E-state index contributed by atoms with van der Waals surface area (Å²) in [6, 6.07) is 10.7. The Morgan fingerprint density at radius 3 is 2.48 bits per heavy atom. The number of halogens is 2. The predicted octanol–water partition coefficient (Wildman–Crippen LogP) is 4.32. The number of carbonyl (C=O) groups excluding carboxylic acids is 1. The van der Waals surface area contributed by atoms with Gasteiger partial charge < -0.3 is 14.8 Å². The zero-order valence-corrected chi connectivity index (χ0v) is 17.4. The molecule has 0 spiro atoms. The highest BCUT2D eigenvalue weighted by Crippen LogP contribution is 2.29. The third kappa shape index (κ3) is 6.03. The molecule has 1 N–H and O–H groups in total. The maximum absolute atomic E-state index is 12.4. The van der Waals surface area contributed by atoms with Gasteiger partial charge in [0.05, 0.1) is 36.9 Å². The van der Waals surface area contributed by atoms with Gasteiger partial charge in [0, 0.05) is 12.1 Å². The lowest BCUT2D eigenvalue weighted by Gasteiger charge is -2.21. The number of amides is 1. The van der Waals surface area contributed by atoms with Crippen molar-refractivity contribution in [3.8, 4) is 11.5 Å². The molecule has 0 saturated carbocycles. The molecular weight excluding hydrogens is 387 g/mol. The molecule has 0 heterocycles. The summed E-state index contributed by atoms with van der Waals surface area (Å²) in [6.07, 6.45) is 0. The molecule has 27 heavy (non-hydrogen) atoms. The average Bonchev–Trinajstić information content (AvgIpc) is 2.63. The molecule has 0 aromatic heterocycles. The van der Waals surface area contributed by atoms with Crippen LogP contribution in [0.15, 0.2) is 36.4 Å². The smallest absolute Gasteiger partial charge is 0.234 e. The van der Waals surface area contributed by atoms with Crippen LogP contribution in [-0.2, 0) is 11.3 Å². The third-order valence-corrected chi connectivity index (χ3v) is 4.87. The van der Waals surface area contributed by atoms with E-state index in [0.717, 1.165) is 11.1 Å². The van der Waals surface area contributed by atoms with Crippen LogP contribution in [0.2, 0.25) is 10.0 Å². The van der Waals surface area contributed by atoms with Crippen LogP contribution in [0.5, 0.6) is 11.5 Å². The van der Waals surface area contributed by atoms with Crippen molar-refractivity contribution in [2.45, 2.75) is 19.5 Å². The fourth-order valence-electron chi connectivity index (χ4n) is 2.79. The first-order chi connectivity index (χ1) is 12.8. The van der Waals surface area contributed by atoms with E-state index in [0.29, 0.717) is 28.1 Å². The Bertz CT molecular complexity index is 799. The Balaban J connectivity index is 1.97. The molecular formula is C20H24Cl2N2O3. The van der Waals surface area contributed by atoms with Gasteiger partial charge in [0.15, 0.2) is 0 Å². The van der Waals surface area contributed by atoms with Gasteiger partial charge in [0.25, 0.3) is 0 Å². The maximum atomic E-state index is 12.4. The van der Waals surface area contributed by atoms with Crippen LogP contribution in [-0.4, -0.2) is 38.6 Å². The van der Waals surface area contributed by atoms with Crippen LogP contribution >= 0.6 is 23.2 Å². The van der Waals surface area contributed by atoms with E-state index in [-0.39, 0.29) is 18.5 Å². The molecule has 0 aliphatic rings. The highest BCUT2D eigenvalue weighted by atomic mass is 35.5. The first-order valence-electron chi connectivity index (χ1n) is 8.47. The molecule has 146 valence electrons. The summed E-state index contributed by atoms with van der Waals surface area (Å²) in [5, 5.41) is 4.02. The summed E-state index contributed by atoms with van der Waals surface area (Å²) in [6.45, 7) is 2.74. The van der Waals surface area contributed by atoms with Crippen molar-refractivity contribution in [3.05, 3.63) is 57.6 Å². The van der Waals surface area contributed by atoms with E-state index in [1.54, 1.807) is 20.3 Å². The van der Waals surface area contributed by atoms with Crippen LogP contribution in [0.3, 0.4) is 0 Å². The van der Waals surface area contributed by atoms with Gasteiger partial charge in [-0.25, -0.2) is 0 Å². The van der Waals surface area contributed by atoms with Gasteiger partial charge in [0.1, 0.15) is 11.5 Å². The summed E-state index contributed by atoms with van der Waals surface area (Å²) in [5.41, 5.74) is 1.85. The summed E-state index contributed by atoms with van der Waals surface area (Å²) in [4.78, 5) is 14.3. The Morgan fingerprint density at radius 2 is 1.85 bits per heavy atom.